The molecule has 2 unspecified atom stereocenters. The molecule has 1 aliphatic heterocycles. The van der Waals surface area contributed by atoms with Crippen molar-refractivity contribution in [2.45, 2.75) is 44.9 Å². The van der Waals surface area contributed by atoms with Crippen LogP contribution in [0.15, 0.2) is 48.5 Å². The summed E-state index contributed by atoms with van der Waals surface area (Å²) in [4.78, 5) is 4.47. The first-order chi connectivity index (χ1) is 13.3. The van der Waals surface area contributed by atoms with Crippen molar-refractivity contribution in [2.75, 3.05) is 6.54 Å². The van der Waals surface area contributed by atoms with Crippen molar-refractivity contribution in [2.24, 2.45) is 0 Å². The highest BCUT2D eigenvalue weighted by atomic mass is 35.5. The lowest BCUT2D eigenvalue weighted by Gasteiger charge is -2.42. The summed E-state index contributed by atoms with van der Waals surface area (Å²) >= 11 is 6.16. The van der Waals surface area contributed by atoms with Gasteiger partial charge in [0.05, 0.1) is 11.6 Å². The van der Waals surface area contributed by atoms with Gasteiger partial charge in [0, 0.05) is 10.9 Å². The molecule has 1 aliphatic rings. The Morgan fingerprint density at radius 1 is 1.18 bits per heavy atom. The normalized spacial score (nSPS) is 20.6. The molecule has 4 rings (SSSR count). The SMILES string of the molecule is Cc1cc(Cl)nc2cc3c(cc12)OC(C)(C)C(O)C3NCCc1ccccc1. The minimum absolute atomic E-state index is 0.243. The summed E-state index contributed by atoms with van der Waals surface area (Å²) in [6.45, 7) is 6.61. The van der Waals surface area contributed by atoms with Crippen molar-refractivity contribution in [3.63, 3.8) is 0 Å². The molecule has 146 valence electrons. The maximum Gasteiger partial charge on any atom is 0.131 e. The highest BCUT2D eigenvalue weighted by molar-refractivity contribution is 6.29. The second kappa shape index (κ2) is 7.36. The topological polar surface area (TPSA) is 54.4 Å². The van der Waals surface area contributed by atoms with Gasteiger partial charge in [0.2, 0.25) is 0 Å². The second-order valence-electron chi connectivity index (χ2n) is 7.99. The molecular formula is C23H25ClN2O2. The molecule has 2 aromatic carbocycles. The Morgan fingerprint density at radius 3 is 2.68 bits per heavy atom. The van der Waals surface area contributed by atoms with E-state index in [1.54, 1.807) is 0 Å². The molecule has 2 atom stereocenters. The summed E-state index contributed by atoms with van der Waals surface area (Å²) in [6.07, 6.45) is 0.200. The summed E-state index contributed by atoms with van der Waals surface area (Å²) < 4.78 is 6.17. The van der Waals surface area contributed by atoms with Gasteiger partial charge in [0.15, 0.2) is 0 Å². The number of fused-ring (bicyclic) bond motifs is 2. The number of aliphatic hydroxyl groups is 1. The largest absolute Gasteiger partial charge is 0.485 e. The molecule has 0 amide bonds. The fraction of sp³-hybridized carbons (Fsp3) is 0.348. The Balaban J connectivity index is 1.68. The molecule has 0 spiro atoms. The van der Waals surface area contributed by atoms with Crippen molar-refractivity contribution < 1.29 is 9.84 Å². The maximum atomic E-state index is 11.0. The number of rotatable bonds is 4. The van der Waals surface area contributed by atoms with E-state index in [1.807, 2.05) is 57.2 Å². The van der Waals surface area contributed by atoms with Gasteiger partial charge in [-0.1, -0.05) is 41.9 Å². The second-order valence-corrected chi connectivity index (χ2v) is 8.37. The van der Waals surface area contributed by atoms with Crippen LogP contribution < -0.4 is 10.1 Å². The highest BCUT2D eigenvalue weighted by Crippen LogP contribution is 2.42. The Hall–Kier alpha value is -2.14. The van der Waals surface area contributed by atoms with Crippen molar-refractivity contribution in [1.82, 2.24) is 10.3 Å². The number of nitrogens with zero attached hydrogens (tertiary/aromatic N) is 1. The van der Waals surface area contributed by atoms with Gasteiger partial charge in [0.1, 0.15) is 22.6 Å². The van der Waals surface area contributed by atoms with E-state index < -0.39 is 11.7 Å². The number of aryl methyl sites for hydroxylation is 1. The summed E-state index contributed by atoms with van der Waals surface area (Å²) in [5.41, 5.74) is 3.35. The minimum Gasteiger partial charge on any atom is -0.485 e. The van der Waals surface area contributed by atoms with Crippen LogP contribution >= 0.6 is 11.6 Å². The Bertz CT molecular complexity index is 1000. The molecule has 5 heteroatoms. The maximum absolute atomic E-state index is 11.0. The average molecular weight is 397 g/mol. The van der Waals surface area contributed by atoms with E-state index >= 15 is 0 Å². The number of aromatic nitrogens is 1. The van der Waals surface area contributed by atoms with Crippen LogP contribution in [0.2, 0.25) is 5.15 Å². The number of pyridine rings is 1. The summed E-state index contributed by atoms with van der Waals surface area (Å²) in [5, 5.41) is 16.0. The predicted molar refractivity (Wildman–Crippen MR) is 113 cm³/mol. The average Bonchev–Trinajstić information content (AvgIpc) is 2.65. The van der Waals surface area contributed by atoms with Gasteiger partial charge < -0.3 is 15.2 Å². The van der Waals surface area contributed by atoms with E-state index in [4.69, 9.17) is 16.3 Å². The zero-order valence-electron chi connectivity index (χ0n) is 16.4. The van der Waals surface area contributed by atoms with Crippen molar-refractivity contribution in [3.8, 4) is 5.75 Å². The fourth-order valence-corrected chi connectivity index (χ4v) is 4.14. The molecule has 0 fully saturated rings. The molecule has 3 aromatic rings. The minimum atomic E-state index is -0.696. The third-order valence-corrected chi connectivity index (χ3v) is 5.67. The van der Waals surface area contributed by atoms with Gasteiger partial charge in [0.25, 0.3) is 0 Å². The molecule has 0 radical (unpaired) electrons. The first-order valence-corrected chi connectivity index (χ1v) is 9.98. The van der Waals surface area contributed by atoms with Crippen LogP contribution in [-0.2, 0) is 6.42 Å². The summed E-state index contributed by atoms with van der Waals surface area (Å²) in [5.74, 6) is 0.784. The van der Waals surface area contributed by atoms with E-state index in [0.717, 1.165) is 40.7 Å². The molecule has 28 heavy (non-hydrogen) atoms. The van der Waals surface area contributed by atoms with E-state index in [1.165, 1.54) is 5.56 Å². The quantitative estimate of drug-likeness (QED) is 0.633. The van der Waals surface area contributed by atoms with Gasteiger partial charge >= 0.3 is 0 Å². The van der Waals surface area contributed by atoms with E-state index in [-0.39, 0.29) is 6.04 Å². The lowest BCUT2D eigenvalue weighted by molar-refractivity contribution is -0.0642. The van der Waals surface area contributed by atoms with Crippen LogP contribution in [0.5, 0.6) is 5.75 Å². The number of hydrogen-bond acceptors (Lipinski definition) is 4. The van der Waals surface area contributed by atoms with Gasteiger partial charge in [-0.3, -0.25) is 0 Å². The molecule has 0 saturated carbocycles. The van der Waals surface area contributed by atoms with Crippen LogP contribution in [0.3, 0.4) is 0 Å². The van der Waals surface area contributed by atoms with Crippen molar-refractivity contribution in [1.29, 1.82) is 0 Å². The highest BCUT2D eigenvalue weighted by Gasteiger charge is 2.42. The van der Waals surface area contributed by atoms with Crippen molar-refractivity contribution >= 4 is 22.5 Å². The number of nitrogens with one attached hydrogen (secondary N) is 1. The smallest absolute Gasteiger partial charge is 0.131 e. The lowest BCUT2D eigenvalue weighted by Crippen LogP contribution is -2.52. The van der Waals surface area contributed by atoms with Crippen LogP contribution in [0.25, 0.3) is 10.9 Å². The van der Waals surface area contributed by atoms with Crippen LogP contribution in [-0.4, -0.2) is 28.3 Å². The van der Waals surface area contributed by atoms with Crippen LogP contribution in [0.1, 0.15) is 36.6 Å². The third kappa shape index (κ3) is 3.60. The standard InChI is InChI=1S/C23H25ClN2O2/c1-14-11-20(24)26-18-12-17-19(13-16(14)18)28-23(2,3)22(27)21(17)25-10-9-15-7-5-4-6-8-15/h4-8,11-13,21-22,25,27H,9-10H2,1-3H3. The first-order valence-electron chi connectivity index (χ1n) is 9.60. The molecule has 0 aliphatic carbocycles. The fourth-order valence-electron chi connectivity index (χ4n) is 3.88. The van der Waals surface area contributed by atoms with E-state index in [9.17, 15) is 5.11 Å². The first kappa shape index (κ1) is 19.2. The Labute approximate surface area is 170 Å². The molecule has 0 bridgehead atoms. The Morgan fingerprint density at radius 2 is 1.93 bits per heavy atom. The molecule has 2 N–H and O–H groups in total. The summed E-state index contributed by atoms with van der Waals surface area (Å²) in [6, 6.07) is 15.9. The number of hydrogen-bond donors (Lipinski definition) is 2. The third-order valence-electron chi connectivity index (χ3n) is 5.47. The van der Waals surface area contributed by atoms with Gasteiger partial charge in [-0.15, -0.1) is 0 Å². The number of benzene rings is 2. The molecular weight excluding hydrogens is 372 g/mol. The molecule has 0 saturated heterocycles. The molecule has 2 heterocycles. The van der Waals surface area contributed by atoms with Gasteiger partial charge in [-0.05, 0) is 63.1 Å². The molecule has 4 nitrogen and oxygen atoms in total. The van der Waals surface area contributed by atoms with Crippen molar-refractivity contribution in [3.05, 3.63) is 70.4 Å². The van der Waals surface area contributed by atoms with Gasteiger partial charge in [-0.25, -0.2) is 4.98 Å². The van der Waals surface area contributed by atoms with E-state index in [0.29, 0.717) is 5.15 Å². The van der Waals surface area contributed by atoms with Crippen LogP contribution in [0.4, 0.5) is 0 Å². The van der Waals surface area contributed by atoms with Gasteiger partial charge in [-0.2, -0.15) is 0 Å². The Kier molecular flexibility index (Phi) is 5.04. The zero-order chi connectivity index (χ0) is 19.9. The van der Waals surface area contributed by atoms with Crippen LogP contribution in [0, 0.1) is 6.92 Å². The van der Waals surface area contributed by atoms with E-state index in [2.05, 4.69) is 22.4 Å². The predicted octanol–water partition coefficient (Wildman–Crippen LogP) is 4.60. The number of ether oxygens (including phenoxy) is 1. The number of aliphatic hydroxyl groups excluding tert-OH is 1. The monoisotopic (exact) mass is 396 g/mol. The molecule has 1 aromatic heterocycles. The zero-order valence-corrected chi connectivity index (χ0v) is 17.1. The lowest BCUT2D eigenvalue weighted by atomic mass is 9.85. The number of halogens is 1. The summed E-state index contributed by atoms with van der Waals surface area (Å²) in [7, 11) is 0.